The molecule has 7 heteroatoms. The van der Waals surface area contributed by atoms with E-state index < -0.39 is 17.1 Å². The number of nitro groups is 1. The standard InChI is InChI=1S/C11H17N3O4/c12-5-6-13-7-10(15)11(16)8-1-3-9(4-2-8)14(17)18/h1-4,10-11,13,15-16H,5-7,12H2. The molecule has 0 saturated carbocycles. The van der Waals surface area contributed by atoms with Gasteiger partial charge in [0.05, 0.1) is 11.0 Å². The second-order valence-corrected chi connectivity index (χ2v) is 3.85. The van der Waals surface area contributed by atoms with Crippen LogP contribution in [0.1, 0.15) is 11.7 Å². The van der Waals surface area contributed by atoms with Crippen molar-refractivity contribution in [1.29, 1.82) is 0 Å². The molecule has 1 aromatic rings. The second kappa shape index (κ2) is 7.02. The molecule has 0 saturated heterocycles. The molecule has 2 unspecified atom stereocenters. The number of nitrogens with one attached hydrogen (secondary N) is 1. The van der Waals surface area contributed by atoms with E-state index in [4.69, 9.17) is 5.73 Å². The predicted octanol–water partition coefficient (Wildman–Crippen LogP) is -0.463. The topological polar surface area (TPSA) is 122 Å². The van der Waals surface area contributed by atoms with Gasteiger partial charge in [-0.2, -0.15) is 0 Å². The van der Waals surface area contributed by atoms with Crippen molar-refractivity contribution < 1.29 is 15.1 Å². The zero-order valence-corrected chi connectivity index (χ0v) is 9.82. The number of non-ortho nitro benzene ring substituents is 1. The summed E-state index contributed by atoms with van der Waals surface area (Å²) in [6, 6.07) is 5.43. The van der Waals surface area contributed by atoms with Crippen molar-refractivity contribution in [1.82, 2.24) is 5.32 Å². The first-order valence-corrected chi connectivity index (χ1v) is 5.57. The molecular formula is C11H17N3O4. The van der Waals surface area contributed by atoms with Crippen LogP contribution in [0, 0.1) is 10.1 Å². The minimum Gasteiger partial charge on any atom is -0.389 e. The third-order valence-electron chi connectivity index (χ3n) is 2.48. The molecule has 0 aliphatic rings. The van der Waals surface area contributed by atoms with Gasteiger partial charge in [0.25, 0.3) is 5.69 Å². The maximum Gasteiger partial charge on any atom is 0.269 e. The zero-order chi connectivity index (χ0) is 13.5. The molecule has 0 aliphatic heterocycles. The van der Waals surface area contributed by atoms with Gasteiger partial charge in [-0.05, 0) is 17.7 Å². The molecule has 0 radical (unpaired) electrons. The SMILES string of the molecule is NCCNCC(O)C(O)c1ccc([N+](=O)[O-])cc1. The average molecular weight is 255 g/mol. The molecule has 1 aromatic carbocycles. The van der Waals surface area contributed by atoms with Crippen molar-refractivity contribution in [2.45, 2.75) is 12.2 Å². The highest BCUT2D eigenvalue weighted by Gasteiger charge is 2.18. The molecule has 7 nitrogen and oxygen atoms in total. The van der Waals surface area contributed by atoms with Crippen molar-refractivity contribution in [3.8, 4) is 0 Å². The Kier molecular flexibility index (Phi) is 5.66. The van der Waals surface area contributed by atoms with Crippen LogP contribution in [0.3, 0.4) is 0 Å². The largest absolute Gasteiger partial charge is 0.389 e. The van der Waals surface area contributed by atoms with Gasteiger partial charge >= 0.3 is 0 Å². The molecule has 0 spiro atoms. The predicted molar refractivity (Wildman–Crippen MR) is 66.0 cm³/mol. The van der Waals surface area contributed by atoms with Gasteiger partial charge in [0.2, 0.25) is 0 Å². The molecule has 2 atom stereocenters. The Bertz CT molecular complexity index is 382. The summed E-state index contributed by atoms with van der Waals surface area (Å²) in [5, 5.41) is 32.8. The zero-order valence-electron chi connectivity index (χ0n) is 9.82. The molecule has 5 N–H and O–H groups in total. The van der Waals surface area contributed by atoms with Crippen molar-refractivity contribution in [3.63, 3.8) is 0 Å². The lowest BCUT2D eigenvalue weighted by molar-refractivity contribution is -0.384. The molecule has 0 aliphatic carbocycles. The molecule has 18 heavy (non-hydrogen) atoms. The van der Waals surface area contributed by atoms with Crippen LogP contribution in [0.2, 0.25) is 0 Å². The fourth-order valence-corrected chi connectivity index (χ4v) is 1.48. The van der Waals surface area contributed by atoms with Crippen molar-refractivity contribution in [3.05, 3.63) is 39.9 Å². The van der Waals surface area contributed by atoms with E-state index in [0.717, 1.165) is 0 Å². The van der Waals surface area contributed by atoms with E-state index in [1.165, 1.54) is 24.3 Å². The third-order valence-corrected chi connectivity index (χ3v) is 2.48. The Hall–Kier alpha value is -1.54. The average Bonchev–Trinajstić information content (AvgIpc) is 2.38. The van der Waals surface area contributed by atoms with Crippen LogP contribution in [0.5, 0.6) is 0 Å². The van der Waals surface area contributed by atoms with Gasteiger partial charge in [0, 0.05) is 31.8 Å². The van der Waals surface area contributed by atoms with Crippen molar-refractivity contribution in [2.24, 2.45) is 5.73 Å². The van der Waals surface area contributed by atoms with Gasteiger partial charge in [0.15, 0.2) is 0 Å². The summed E-state index contributed by atoms with van der Waals surface area (Å²) >= 11 is 0. The maximum absolute atomic E-state index is 10.5. The first-order chi connectivity index (χ1) is 8.56. The first kappa shape index (κ1) is 14.5. The van der Waals surface area contributed by atoms with Gasteiger partial charge in [-0.3, -0.25) is 10.1 Å². The number of hydrogen-bond acceptors (Lipinski definition) is 6. The van der Waals surface area contributed by atoms with Gasteiger partial charge in [0.1, 0.15) is 6.10 Å². The van der Waals surface area contributed by atoms with Crippen LogP contribution in [-0.4, -0.2) is 40.9 Å². The van der Waals surface area contributed by atoms with Gasteiger partial charge < -0.3 is 21.3 Å². The summed E-state index contributed by atoms with van der Waals surface area (Å²) in [7, 11) is 0. The minimum absolute atomic E-state index is 0.0540. The maximum atomic E-state index is 10.5. The van der Waals surface area contributed by atoms with Crippen molar-refractivity contribution in [2.75, 3.05) is 19.6 Å². The second-order valence-electron chi connectivity index (χ2n) is 3.85. The number of aliphatic hydroxyl groups is 2. The van der Waals surface area contributed by atoms with Crippen LogP contribution in [0.15, 0.2) is 24.3 Å². The van der Waals surface area contributed by atoms with Gasteiger partial charge in [-0.25, -0.2) is 0 Å². The fraction of sp³-hybridized carbons (Fsp3) is 0.455. The number of benzene rings is 1. The number of aliphatic hydroxyl groups excluding tert-OH is 2. The van der Waals surface area contributed by atoms with E-state index in [2.05, 4.69) is 5.32 Å². The summed E-state index contributed by atoms with van der Waals surface area (Å²) in [5.74, 6) is 0. The molecule has 0 bridgehead atoms. The Balaban J connectivity index is 2.59. The van der Waals surface area contributed by atoms with Crippen LogP contribution < -0.4 is 11.1 Å². The van der Waals surface area contributed by atoms with E-state index in [9.17, 15) is 20.3 Å². The summed E-state index contributed by atoms with van der Waals surface area (Å²) in [6.45, 7) is 1.19. The highest BCUT2D eigenvalue weighted by Crippen LogP contribution is 2.20. The normalized spacial score (nSPS) is 14.2. The number of nitro benzene ring substituents is 1. The van der Waals surface area contributed by atoms with Gasteiger partial charge in [-0.15, -0.1) is 0 Å². The monoisotopic (exact) mass is 255 g/mol. The number of rotatable bonds is 7. The number of nitrogens with two attached hydrogens (primary N) is 1. The summed E-state index contributed by atoms with van der Waals surface area (Å²) in [5.41, 5.74) is 5.66. The van der Waals surface area contributed by atoms with Crippen LogP contribution in [0.25, 0.3) is 0 Å². The van der Waals surface area contributed by atoms with Crippen LogP contribution in [-0.2, 0) is 0 Å². The van der Waals surface area contributed by atoms with Crippen LogP contribution in [0.4, 0.5) is 5.69 Å². The summed E-state index contributed by atoms with van der Waals surface area (Å²) in [4.78, 5) is 9.94. The quantitative estimate of drug-likeness (QED) is 0.297. The molecule has 0 aromatic heterocycles. The van der Waals surface area contributed by atoms with Crippen LogP contribution >= 0.6 is 0 Å². The van der Waals surface area contributed by atoms with E-state index in [1.807, 2.05) is 0 Å². The first-order valence-electron chi connectivity index (χ1n) is 5.57. The molecule has 0 amide bonds. The Labute approximate surface area is 104 Å². The molecule has 0 fully saturated rings. The highest BCUT2D eigenvalue weighted by atomic mass is 16.6. The molecular weight excluding hydrogens is 238 g/mol. The van der Waals surface area contributed by atoms with Crippen molar-refractivity contribution >= 4 is 5.69 Å². The molecule has 0 heterocycles. The lowest BCUT2D eigenvalue weighted by Gasteiger charge is -2.18. The molecule has 1 rings (SSSR count). The third kappa shape index (κ3) is 4.04. The number of hydrogen-bond donors (Lipinski definition) is 4. The lowest BCUT2D eigenvalue weighted by atomic mass is 10.0. The summed E-state index contributed by atoms with van der Waals surface area (Å²) in [6.07, 6.45) is -2.07. The lowest BCUT2D eigenvalue weighted by Crippen LogP contribution is -2.34. The minimum atomic E-state index is -1.09. The highest BCUT2D eigenvalue weighted by molar-refractivity contribution is 5.34. The molecule has 100 valence electrons. The van der Waals surface area contributed by atoms with E-state index >= 15 is 0 Å². The Morgan fingerprint density at radius 1 is 1.33 bits per heavy atom. The van der Waals surface area contributed by atoms with E-state index in [1.54, 1.807) is 0 Å². The fourth-order valence-electron chi connectivity index (χ4n) is 1.48. The Morgan fingerprint density at radius 3 is 2.44 bits per heavy atom. The summed E-state index contributed by atoms with van der Waals surface area (Å²) < 4.78 is 0. The van der Waals surface area contributed by atoms with E-state index in [0.29, 0.717) is 18.7 Å². The van der Waals surface area contributed by atoms with Gasteiger partial charge in [-0.1, -0.05) is 0 Å². The smallest absolute Gasteiger partial charge is 0.269 e. The van der Waals surface area contributed by atoms with E-state index in [-0.39, 0.29) is 12.2 Å². The Morgan fingerprint density at radius 2 is 1.94 bits per heavy atom. The number of nitrogens with zero attached hydrogens (tertiary/aromatic N) is 1.